The predicted octanol–water partition coefficient (Wildman–Crippen LogP) is 1.12. The molecule has 4 heteroatoms. The van der Waals surface area contributed by atoms with Gasteiger partial charge < -0.3 is 14.9 Å². The molecule has 0 aliphatic heterocycles. The average Bonchev–Trinajstić information content (AvgIpc) is 2.33. The highest BCUT2D eigenvalue weighted by atomic mass is 16.5. The van der Waals surface area contributed by atoms with E-state index in [1.165, 1.54) is 0 Å². The molecule has 16 heavy (non-hydrogen) atoms. The SMILES string of the molecule is C=CC(=O)OCC(C)C(O)C(C)(CC)CO. The van der Waals surface area contributed by atoms with E-state index in [-0.39, 0.29) is 19.1 Å². The van der Waals surface area contributed by atoms with Crippen molar-refractivity contribution in [3.8, 4) is 0 Å². The van der Waals surface area contributed by atoms with Gasteiger partial charge in [-0.2, -0.15) is 0 Å². The molecule has 3 atom stereocenters. The monoisotopic (exact) mass is 230 g/mol. The zero-order valence-corrected chi connectivity index (χ0v) is 10.3. The summed E-state index contributed by atoms with van der Waals surface area (Å²) in [5.41, 5.74) is -0.556. The summed E-state index contributed by atoms with van der Waals surface area (Å²) in [5.74, 6) is -0.720. The maximum atomic E-state index is 10.9. The average molecular weight is 230 g/mol. The van der Waals surface area contributed by atoms with Crippen molar-refractivity contribution >= 4 is 5.97 Å². The van der Waals surface area contributed by atoms with Gasteiger partial charge in [-0.3, -0.25) is 0 Å². The Hall–Kier alpha value is -0.870. The number of ether oxygens (including phenoxy) is 1. The van der Waals surface area contributed by atoms with Crippen LogP contribution in [0.1, 0.15) is 27.2 Å². The number of hydrogen-bond acceptors (Lipinski definition) is 4. The second-order valence-electron chi connectivity index (χ2n) is 4.42. The number of esters is 1. The predicted molar refractivity (Wildman–Crippen MR) is 61.8 cm³/mol. The highest BCUT2D eigenvalue weighted by Gasteiger charge is 2.34. The third-order valence-electron chi connectivity index (χ3n) is 3.08. The van der Waals surface area contributed by atoms with Gasteiger partial charge in [0.1, 0.15) is 0 Å². The summed E-state index contributed by atoms with van der Waals surface area (Å²) in [6.07, 6.45) is 1.04. The Labute approximate surface area is 96.9 Å². The van der Waals surface area contributed by atoms with Crippen molar-refractivity contribution in [1.29, 1.82) is 0 Å². The van der Waals surface area contributed by atoms with Crippen LogP contribution in [0.2, 0.25) is 0 Å². The van der Waals surface area contributed by atoms with Crippen molar-refractivity contribution in [2.24, 2.45) is 11.3 Å². The van der Waals surface area contributed by atoms with Gasteiger partial charge in [0.2, 0.25) is 0 Å². The van der Waals surface area contributed by atoms with Crippen LogP contribution >= 0.6 is 0 Å². The van der Waals surface area contributed by atoms with Crippen LogP contribution in [-0.4, -0.2) is 35.5 Å². The molecule has 0 bridgehead atoms. The maximum Gasteiger partial charge on any atom is 0.330 e. The fourth-order valence-corrected chi connectivity index (χ4v) is 1.47. The Kier molecular flexibility index (Phi) is 6.29. The Morgan fingerprint density at radius 2 is 2.19 bits per heavy atom. The minimum atomic E-state index is -0.708. The molecule has 0 saturated heterocycles. The van der Waals surface area contributed by atoms with Gasteiger partial charge in [0, 0.05) is 17.4 Å². The standard InChI is InChI=1S/C12H22O4/c1-5-10(14)16-7-9(3)11(15)12(4,6-2)8-13/h5,9,11,13,15H,1,6-8H2,2-4H3. The van der Waals surface area contributed by atoms with Crippen molar-refractivity contribution in [1.82, 2.24) is 0 Å². The smallest absolute Gasteiger partial charge is 0.330 e. The van der Waals surface area contributed by atoms with E-state index in [0.29, 0.717) is 6.42 Å². The molecule has 0 aliphatic carbocycles. The zero-order chi connectivity index (χ0) is 12.8. The third-order valence-corrected chi connectivity index (χ3v) is 3.08. The molecule has 4 nitrogen and oxygen atoms in total. The molecule has 2 N–H and O–H groups in total. The molecule has 94 valence electrons. The number of carbonyl (C=O) groups excluding carboxylic acids is 1. The molecule has 0 fully saturated rings. The van der Waals surface area contributed by atoms with Crippen LogP contribution in [0, 0.1) is 11.3 Å². The molecule has 0 aliphatic rings. The maximum absolute atomic E-state index is 10.9. The summed E-state index contributed by atoms with van der Waals surface area (Å²) in [7, 11) is 0. The molecular weight excluding hydrogens is 208 g/mol. The van der Waals surface area contributed by atoms with Crippen molar-refractivity contribution in [2.75, 3.05) is 13.2 Å². The fourth-order valence-electron chi connectivity index (χ4n) is 1.47. The molecule has 0 aromatic carbocycles. The first kappa shape index (κ1) is 15.1. The van der Waals surface area contributed by atoms with E-state index < -0.39 is 17.5 Å². The van der Waals surface area contributed by atoms with Gasteiger partial charge in [0.25, 0.3) is 0 Å². The second kappa shape index (κ2) is 6.66. The second-order valence-corrected chi connectivity index (χ2v) is 4.42. The lowest BCUT2D eigenvalue weighted by Crippen LogP contribution is -2.41. The van der Waals surface area contributed by atoms with Crippen LogP contribution in [0.4, 0.5) is 0 Å². The highest BCUT2D eigenvalue weighted by Crippen LogP contribution is 2.29. The Morgan fingerprint density at radius 1 is 1.62 bits per heavy atom. The van der Waals surface area contributed by atoms with Crippen LogP contribution in [0.25, 0.3) is 0 Å². The number of hydrogen-bond donors (Lipinski definition) is 2. The third kappa shape index (κ3) is 3.94. The summed E-state index contributed by atoms with van der Waals surface area (Å²) in [5, 5.41) is 19.3. The van der Waals surface area contributed by atoms with Crippen LogP contribution in [0.3, 0.4) is 0 Å². The first-order valence-electron chi connectivity index (χ1n) is 5.49. The van der Waals surface area contributed by atoms with Crippen LogP contribution in [0.15, 0.2) is 12.7 Å². The van der Waals surface area contributed by atoms with Crippen LogP contribution < -0.4 is 0 Å². The number of carbonyl (C=O) groups is 1. The lowest BCUT2D eigenvalue weighted by atomic mass is 9.77. The van der Waals surface area contributed by atoms with E-state index in [1.54, 1.807) is 6.92 Å². The highest BCUT2D eigenvalue weighted by molar-refractivity contribution is 5.81. The molecule has 3 unspecified atom stereocenters. The molecule has 0 rings (SSSR count). The van der Waals surface area contributed by atoms with Gasteiger partial charge >= 0.3 is 5.97 Å². The quantitative estimate of drug-likeness (QED) is 0.508. The first-order chi connectivity index (χ1) is 7.41. The molecule has 0 heterocycles. The number of rotatable bonds is 7. The minimum Gasteiger partial charge on any atom is -0.462 e. The Balaban J connectivity index is 4.31. The summed E-state index contributed by atoms with van der Waals surface area (Å²) in [6, 6.07) is 0. The van der Waals surface area contributed by atoms with Crippen LogP contribution in [0.5, 0.6) is 0 Å². The summed E-state index contributed by atoms with van der Waals surface area (Å²) in [4.78, 5) is 10.9. The van der Waals surface area contributed by atoms with E-state index in [9.17, 15) is 15.0 Å². The van der Waals surface area contributed by atoms with Gasteiger partial charge in [0.15, 0.2) is 0 Å². The molecular formula is C12H22O4. The lowest BCUT2D eigenvalue weighted by molar-refractivity contribution is -0.141. The summed E-state index contributed by atoms with van der Waals surface area (Å²) < 4.78 is 4.86. The van der Waals surface area contributed by atoms with E-state index in [2.05, 4.69) is 6.58 Å². The summed E-state index contributed by atoms with van der Waals surface area (Å²) in [6.45, 7) is 8.82. The van der Waals surface area contributed by atoms with E-state index >= 15 is 0 Å². The number of aliphatic hydroxyl groups is 2. The molecule has 0 aromatic rings. The van der Waals surface area contributed by atoms with E-state index in [0.717, 1.165) is 6.08 Å². The van der Waals surface area contributed by atoms with Gasteiger partial charge in [-0.05, 0) is 6.42 Å². The van der Waals surface area contributed by atoms with Gasteiger partial charge in [-0.1, -0.05) is 27.4 Å². The van der Waals surface area contributed by atoms with Crippen LogP contribution in [-0.2, 0) is 9.53 Å². The molecule has 0 spiro atoms. The van der Waals surface area contributed by atoms with E-state index in [4.69, 9.17) is 4.74 Å². The zero-order valence-electron chi connectivity index (χ0n) is 10.3. The molecule has 0 radical (unpaired) electrons. The van der Waals surface area contributed by atoms with Gasteiger partial charge in [0.05, 0.1) is 19.3 Å². The van der Waals surface area contributed by atoms with Crippen molar-refractivity contribution in [3.63, 3.8) is 0 Å². The Morgan fingerprint density at radius 3 is 2.56 bits per heavy atom. The molecule has 0 amide bonds. The topological polar surface area (TPSA) is 66.8 Å². The minimum absolute atomic E-state index is 0.0928. The van der Waals surface area contributed by atoms with Gasteiger partial charge in [-0.25, -0.2) is 4.79 Å². The fraction of sp³-hybridized carbons (Fsp3) is 0.750. The largest absolute Gasteiger partial charge is 0.462 e. The molecule has 0 aromatic heterocycles. The first-order valence-corrected chi connectivity index (χ1v) is 5.49. The Bertz CT molecular complexity index is 233. The van der Waals surface area contributed by atoms with Crippen molar-refractivity contribution in [2.45, 2.75) is 33.3 Å². The summed E-state index contributed by atoms with van der Waals surface area (Å²) >= 11 is 0. The van der Waals surface area contributed by atoms with Crippen molar-refractivity contribution in [3.05, 3.63) is 12.7 Å². The lowest BCUT2D eigenvalue weighted by Gasteiger charge is -2.35. The normalized spacial score (nSPS) is 18.3. The molecule has 0 saturated carbocycles. The van der Waals surface area contributed by atoms with Crippen molar-refractivity contribution < 1.29 is 19.7 Å². The van der Waals surface area contributed by atoms with Gasteiger partial charge in [-0.15, -0.1) is 0 Å². The van der Waals surface area contributed by atoms with E-state index in [1.807, 2.05) is 13.8 Å². The number of aliphatic hydroxyl groups excluding tert-OH is 2.